The van der Waals surface area contributed by atoms with Gasteiger partial charge < -0.3 is 15.2 Å². The van der Waals surface area contributed by atoms with Gasteiger partial charge in [-0.05, 0) is 43.9 Å². The summed E-state index contributed by atoms with van der Waals surface area (Å²) in [7, 11) is 2.16. The Bertz CT molecular complexity index is 940. The lowest BCUT2D eigenvalue weighted by molar-refractivity contribution is -0.121. The third-order valence-corrected chi connectivity index (χ3v) is 5.81. The van der Waals surface area contributed by atoms with Crippen molar-refractivity contribution in [3.05, 3.63) is 61.9 Å². The van der Waals surface area contributed by atoms with Crippen LogP contribution in [0, 0.1) is 6.92 Å². The van der Waals surface area contributed by atoms with Crippen LogP contribution in [0.1, 0.15) is 55.3 Å². The molecular weight excluding hydrogens is 368 g/mol. The molecule has 0 spiro atoms. The van der Waals surface area contributed by atoms with E-state index >= 15 is 0 Å². The van der Waals surface area contributed by atoms with Crippen LogP contribution in [-0.2, 0) is 17.8 Å². The number of aromatic nitrogens is 2. The molecule has 0 unspecified atom stereocenters. The van der Waals surface area contributed by atoms with Gasteiger partial charge in [-0.2, -0.15) is 0 Å². The number of carbonyl (C=O) groups excluding carboxylic acids is 1. The molecular formula is C22H30N4O3. The molecule has 1 aliphatic rings. The third kappa shape index (κ3) is 5.59. The largest absolute Gasteiger partial charge is 0.372 e. The molecule has 1 heterocycles. The van der Waals surface area contributed by atoms with Gasteiger partial charge in [0.25, 0.3) is 5.56 Å². The first-order valence-corrected chi connectivity index (χ1v) is 10.3. The van der Waals surface area contributed by atoms with Crippen LogP contribution in [0.2, 0.25) is 0 Å². The monoisotopic (exact) mass is 398 g/mol. The van der Waals surface area contributed by atoms with E-state index < -0.39 is 11.2 Å². The number of aryl methyl sites for hydroxylation is 1. The lowest BCUT2D eigenvalue weighted by Gasteiger charge is -2.33. The fourth-order valence-electron chi connectivity index (χ4n) is 3.98. The average Bonchev–Trinajstić information content (AvgIpc) is 2.72. The third-order valence-electron chi connectivity index (χ3n) is 5.81. The Hall–Kier alpha value is -2.83. The van der Waals surface area contributed by atoms with Gasteiger partial charge in [0.1, 0.15) is 0 Å². The molecule has 0 atom stereocenters. The van der Waals surface area contributed by atoms with Gasteiger partial charge in [0.15, 0.2) is 0 Å². The quantitative estimate of drug-likeness (QED) is 0.667. The number of rotatable bonds is 7. The summed E-state index contributed by atoms with van der Waals surface area (Å²) in [4.78, 5) is 42.3. The molecule has 2 aromatic rings. The number of nitrogens with one attached hydrogen (secondary N) is 3. The number of H-pyrrole nitrogens is 2. The lowest BCUT2D eigenvalue weighted by atomic mass is 9.94. The van der Waals surface area contributed by atoms with Crippen LogP contribution >= 0.6 is 0 Å². The number of carbonyl (C=O) groups is 1. The van der Waals surface area contributed by atoms with E-state index in [0.717, 1.165) is 5.56 Å². The van der Waals surface area contributed by atoms with Gasteiger partial charge in [0.2, 0.25) is 5.91 Å². The summed E-state index contributed by atoms with van der Waals surface area (Å²) in [5.41, 5.74) is 2.23. The maximum atomic E-state index is 12.2. The van der Waals surface area contributed by atoms with Gasteiger partial charge in [-0.1, -0.05) is 31.4 Å². The smallest absolute Gasteiger partial charge is 0.325 e. The zero-order valence-corrected chi connectivity index (χ0v) is 17.2. The van der Waals surface area contributed by atoms with E-state index in [1.807, 2.05) is 12.1 Å². The highest BCUT2D eigenvalue weighted by Gasteiger charge is 2.18. The molecule has 1 fully saturated rings. The van der Waals surface area contributed by atoms with Gasteiger partial charge in [0.05, 0.1) is 0 Å². The minimum Gasteiger partial charge on any atom is -0.372 e. The van der Waals surface area contributed by atoms with Crippen molar-refractivity contribution in [2.24, 2.45) is 0 Å². The molecule has 7 nitrogen and oxygen atoms in total. The van der Waals surface area contributed by atoms with Crippen LogP contribution < -0.4 is 21.5 Å². The Balaban J connectivity index is 1.49. The first-order chi connectivity index (χ1) is 13.9. The summed E-state index contributed by atoms with van der Waals surface area (Å²) in [6.07, 6.45) is 6.96. The van der Waals surface area contributed by atoms with E-state index in [0.29, 0.717) is 23.8 Å². The Morgan fingerprint density at radius 3 is 2.45 bits per heavy atom. The van der Waals surface area contributed by atoms with Crippen molar-refractivity contribution < 1.29 is 4.79 Å². The zero-order valence-electron chi connectivity index (χ0n) is 17.2. The van der Waals surface area contributed by atoms with Crippen molar-refractivity contribution in [1.82, 2.24) is 15.3 Å². The molecule has 0 aliphatic heterocycles. The summed E-state index contributed by atoms with van der Waals surface area (Å²) in [5, 5.41) is 2.89. The molecule has 0 bridgehead atoms. The normalized spacial score (nSPS) is 14.6. The Morgan fingerprint density at radius 1 is 1.10 bits per heavy atom. The van der Waals surface area contributed by atoms with E-state index in [-0.39, 0.29) is 18.7 Å². The predicted molar refractivity (Wildman–Crippen MR) is 114 cm³/mol. The Morgan fingerprint density at radius 2 is 1.79 bits per heavy atom. The van der Waals surface area contributed by atoms with Crippen molar-refractivity contribution in [1.29, 1.82) is 0 Å². The molecule has 7 heteroatoms. The van der Waals surface area contributed by atoms with Gasteiger partial charge >= 0.3 is 5.69 Å². The first-order valence-electron chi connectivity index (χ1n) is 10.3. The maximum Gasteiger partial charge on any atom is 0.325 e. The number of benzene rings is 1. The molecule has 0 radical (unpaired) electrons. The highest BCUT2D eigenvalue weighted by molar-refractivity contribution is 5.76. The van der Waals surface area contributed by atoms with Crippen molar-refractivity contribution in [2.75, 3.05) is 11.9 Å². The van der Waals surface area contributed by atoms with Gasteiger partial charge in [0, 0.05) is 43.0 Å². The van der Waals surface area contributed by atoms with Gasteiger partial charge in [-0.15, -0.1) is 0 Å². The molecule has 3 rings (SSSR count). The SMILES string of the molecule is Cc1[nH]c(=O)[nH]c(=O)c1CCC(=O)NCc1ccc(N(C)C2CCCCC2)cc1. The number of aromatic amines is 2. The zero-order chi connectivity index (χ0) is 20.8. The van der Waals surface area contributed by atoms with E-state index in [9.17, 15) is 14.4 Å². The van der Waals surface area contributed by atoms with E-state index in [4.69, 9.17) is 0 Å². The summed E-state index contributed by atoms with van der Waals surface area (Å²) in [5.74, 6) is -0.126. The van der Waals surface area contributed by atoms with Crippen LogP contribution in [0.3, 0.4) is 0 Å². The number of hydrogen-bond donors (Lipinski definition) is 3. The molecule has 1 saturated carbocycles. The second-order valence-corrected chi connectivity index (χ2v) is 7.86. The molecule has 0 saturated heterocycles. The van der Waals surface area contributed by atoms with Crippen LogP contribution in [0.5, 0.6) is 0 Å². The van der Waals surface area contributed by atoms with Crippen LogP contribution in [0.15, 0.2) is 33.9 Å². The molecule has 1 aromatic carbocycles. The van der Waals surface area contributed by atoms with Gasteiger partial charge in [-0.3, -0.25) is 14.6 Å². The molecule has 3 N–H and O–H groups in total. The second-order valence-electron chi connectivity index (χ2n) is 7.86. The summed E-state index contributed by atoms with van der Waals surface area (Å²) in [6, 6.07) is 8.93. The highest BCUT2D eigenvalue weighted by atomic mass is 16.2. The number of nitrogens with zero attached hydrogens (tertiary/aromatic N) is 1. The number of anilines is 1. The minimum atomic E-state index is -0.529. The summed E-state index contributed by atoms with van der Waals surface area (Å²) >= 11 is 0. The number of amides is 1. The van der Waals surface area contributed by atoms with Crippen molar-refractivity contribution in [3.8, 4) is 0 Å². The topological polar surface area (TPSA) is 98.1 Å². The number of hydrogen-bond acceptors (Lipinski definition) is 4. The van der Waals surface area contributed by atoms with E-state index in [1.54, 1.807) is 6.92 Å². The molecule has 1 aromatic heterocycles. The second kappa shape index (κ2) is 9.58. The molecule has 1 aliphatic carbocycles. The Kier molecular flexibility index (Phi) is 6.90. The van der Waals surface area contributed by atoms with Crippen molar-refractivity contribution >= 4 is 11.6 Å². The summed E-state index contributed by atoms with van der Waals surface area (Å²) in [6.45, 7) is 2.11. The standard InChI is InChI=1S/C22H30N4O3/c1-15-19(21(28)25-22(29)24-15)12-13-20(27)23-14-16-8-10-18(11-9-16)26(2)17-6-4-3-5-7-17/h8-11,17H,3-7,12-14H2,1-2H3,(H,23,27)(H2,24,25,28,29). The van der Waals surface area contributed by atoms with Crippen molar-refractivity contribution in [2.45, 2.75) is 64.5 Å². The maximum absolute atomic E-state index is 12.2. The Labute approximate surface area is 170 Å². The highest BCUT2D eigenvalue weighted by Crippen LogP contribution is 2.26. The molecule has 1 amide bonds. The van der Waals surface area contributed by atoms with E-state index in [2.05, 4.69) is 39.4 Å². The van der Waals surface area contributed by atoms with Crippen molar-refractivity contribution in [3.63, 3.8) is 0 Å². The fraction of sp³-hybridized carbons (Fsp3) is 0.500. The van der Waals surface area contributed by atoms with Crippen LogP contribution in [-0.4, -0.2) is 29.0 Å². The minimum absolute atomic E-state index is 0.126. The van der Waals surface area contributed by atoms with E-state index in [1.165, 1.54) is 37.8 Å². The average molecular weight is 399 g/mol. The molecule has 156 valence electrons. The summed E-state index contributed by atoms with van der Waals surface area (Å²) < 4.78 is 0. The molecule has 29 heavy (non-hydrogen) atoms. The van der Waals surface area contributed by atoms with Crippen LogP contribution in [0.25, 0.3) is 0 Å². The van der Waals surface area contributed by atoms with Crippen LogP contribution in [0.4, 0.5) is 5.69 Å². The predicted octanol–water partition coefficient (Wildman–Crippen LogP) is 2.39. The van der Waals surface area contributed by atoms with Gasteiger partial charge in [-0.25, -0.2) is 4.79 Å². The lowest BCUT2D eigenvalue weighted by Crippen LogP contribution is -2.33. The fourth-order valence-corrected chi connectivity index (χ4v) is 3.98. The first kappa shape index (κ1) is 20.9.